The third kappa shape index (κ3) is 3.82. The third-order valence-electron chi connectivity index (χ3n) is 4.56. The lowest BCUT2D eigenvalue weighted by atomic mass is 9.75. The summed E-state index contributed by atoms with van der Waals surface area (Å²) in [5.41, 5.74) is 0. The zero-order chi connectivity index (χ0) is 14.5. The van der Waals surface area contributed by atoms with Crippen LogP contribution in [0.3, 0.4) is 0 Å². The minimum Gasteiger partial charge on any atom is -0.481 e. The third-order valence-corrected chi connectivity index (χ3v) is 4.56. The second-order valence-corrected chi connectivity index (χ2v) is 5.88. The standard InChI is InChI=1S/C15H24N2O3/c1-2-11-10-17-7-6-12(11)8-13(17)9-16-14(18)4-3-5-15(19)20/h2,11-13H,1,3-10H2,(H,16,18)(H,19,20). The first-order chi connectivity index (χ1) is 9.60. The number of nitrogens with zero attached hydrogens (tertiary/aromatic N) is 1. The fraction of sp³-hybridized carbons (Fsp3) is 0.733. The molecule has 0 saturated carbocycles. The Morgan fingerprint density at radius 3 is 2.80 bits per heavy atom. The van der Waals surface area contributed by atoms with Crippen molar-refractivity contribution in [2.45, 2.75) is 38.1 Å². The van der Waals surface area contributed by atoms with Crippen LogP contribution in [0.4, 0.5) is 0 Å². The molecule has 112 valence electrons. The molecule has 3 heterocycles. The van der Waals surface area contributed by atoms with Gasteiger partial charge in [0.25, 0.3) is 0 Å². The first-order valence-corrected chi connectivity index (χ1v) is 7.45. The molecule has 3 rings (SSSR count). The molecule has 3 fully saturated rings. The van der Waals surface area contributed by atoms with Crippen molar-refractivity contribution in [3.05, 3.63) is 12.7 Å². The van der Waals surface area contributed by atoms with Crippen LogP contribution in [0.25, 0.3) is 0 Å². The quantitative estimate of drug-likeness (QED) is 0.689. The van der Waals surface area contributed by atoms with Crippen LogP contribution in [0.1, 0.15) is 32.1 Å². The van der Waals surface area contributed by atoms with E-state index < -0.39 is 5.97 Å². The normalized spacial score (nSPS) is 31.8. The van der Waals surface area contributed by atoms with E-state index in [1.807, 2.05) is 0 Å². The minimum absolute atomic E-state index is 0.0332. The average molecular weight is 280 g/mol. The van der Waals surface area contributed by atoms with Gasteiger partial charge in [-0.1, -0.05) is 6.08 Å². The van der Waals surface area contributed by atoms with Gasteiger partial charge >= 0.3 is 5.97 Å². The van der Waals surface area contributed by atoms with Gasteiger partial charge in [0.05, 0.1) is 0 Å². The number of carboxylic acids is 1. The molecule has 3 saturated heterocycles. The summed E-state index contributed by atoms with van der Waals surface area (Å²) in [5, 5.41) is 11.5. The van der Waals surface area contributed by atoms with E-state index in [2.05, 4.69) is 22.9 Å². The average Bonchev–Trinajstić information content (AvgIpc) is 2.45. The highest BCUT2D eigenvalue weighted by Crippen LogP contribution is 2.36. The van der Waals surface area contributed by atoms with E-state index in [0.29, 0.717) is 37.3 Å². The fourth-order valence-corrected chi connectivity index (χ4v) is 3.38. The van der Waals surface area contributed by atoms with Gasteiger partial charge in [0, 0.05) is 32.0 Å². The number of carboxylic acid groups (broad SMARTS) is 1. The molecular formula is C15H24N2O3. The van der Waals surface area contributed by atoms with Gasteiger partial charge in [-0.3, -0.25) is 14.5 Å². The zero-order valence-corrected chi connectivity index (χ0v) is 11.9. The Hall–Kier alpha value is -1.36. The van der Waals surface area contributed by atoms with Gasteiger partial charge in [0.2, 0.25) is 5.91 Å². The summed E-state index contributed by atoms with van der Waals surface area (Å²) in [6, 6.07) is 0.438. The van der Waals surface area contributed by atoms with Gasteiger partial charge in [-0.15, -0.1) is 6.58 Å². The Bertz CT molecular complexity index is 383. The van der Waals surface area contributed by atoms with Crippen LogP contribution >= 0.6 is 0 Å². The molecule has 2 N–H and O–H groups in total. The highest BCUT2D eigenvalue weighted by atomic mass is 16.4. The van der Waals surface area contributed by atoms with Crippen molar-refractivity contribution in [2.24, 2.45) is 11.8 Å². The van der Waals surface area contributed by atoms with Crippen LogP contribution in [0.15, 0.2) is 12.7 Å². The van der Waals surface area contributed by atoms with Crippen molar-refractivity contribution >= 4 is 11.9 Å². The van der Waals surface area contributed by atoms with E-state index in [0.717, 1.165) is 19.5 Å². The van der Waals surface area contributed by atoms with Crippen molar-refractivity contribution < 1.29 is 14.7 Å². The van der Waals surface area contributed by atoms with Crippen molar-refractivity contribution in [1.82, 2.24) is 10.2 Å². The lowest BCUT2D eigenvalue weighted by Gasteiger charge is -2.49. The fourth-order valence-electron chi connectivity index (χ4n) is 3.38. The Kier molecular flexibility index (Phi) is 5.17. The topological polar surface area (TPSA) is 69.6 Å². The largest absolute Gasteiger partial charge is 0.481 e. The Morgan fingerprint density at radius 1 is 1.40 bits per heavy atom. The van der Waals surface area contributed by atoms with Crippen LogP contribution in [0.2, 0.25) is 0 Å². The van der Waals surface area contributed by atoms with Gasteiger partial charge in [0.1, 0.15) is 0 Å². The van der Waals surface area contributed by atoms with E-state index in [1.54, 1.807) is 0 Å². The zero-order valence-electron chi connectivity index (χ0n) is 11.9. The van der Waals surface area contributed by atoms with E-state index in [-0.39, 0.29) is 12.3 Å². The molecule has 3 aliphatic rings. The Balaban J connectivity index is 1.69. The highest BCUT2D eigenvalue weighted by molar-refractivity contribution is 5.76. The van der Waals surface area contributed by atoms with Gasteiger partial charge < -0.3 is 10.4 Å². The predicted octanol–water partition coefficient (Wildman–Crippen LogP) is 1.25. The van der Waals surface area contributed by atoms with Gasteiger partial charge in [0.15, 0.2) is 0 Å². The molecule has 5 heteroatoms. The number of nitrogens with one attached hydrogen (secondary N) is 1. The molecule has 0 aromatic rings. The number of piperidine rings is 3. The number of carbonyl (C=O) groups is 2. The first-order valence-electron chi connectivity index (χ1n) is 7.45. The summed E-state index contributed by atoms with van der Waals surface area (Å²) in [6.45, 7) is 6.78. The Labute approximate surface area is 120 Å². The van der Waals surface area contributed by atoms with Crippen LogP contribution in [0.5, 0.6) is 0 Å². The molecule has 0 radical (unpaired) electrons. The smallest absolute Gasteiger partial charge is 0.303 e. The van der Waals surface area contributed by atoms with Crippen LogP contribution in [-0.2, 0) is 9.59 Å². The summed E-state index contributed by atoms with van der Waals surface area (Å²) < 4.78 is 0. The molecule has 0 aliphatic carbocycles. The lowest BCUT2D eigenvalue weighted by Crippen LogP contribution is -2.56. The van der Waals surface area contributed by atoms with Crippen LogP contribution in [-0.4, -0.2) is 47.6 Å². The van der Waals surface area contributed by atoms with E-state index >= 15 is 0 Å². The highest BCUT2D eigenvalue weighted by Gasteiger charge is 2.38. The molecule has 1 amide bonds. The number of fused-ring (bicyclic) bond motifs is 3. The minimum atomic E-state index is -0.844. The SMILES string of the molecule is C=CC1CN2CCC1CC2CNC(=O)CCCC(=O)O. The van der Waals surface area contributed by atoms with Crippen LogP contribution < -0.4 is 5.32 Å². The summed E-state index contributed by atoms with van der Waals surface area (Å²) in [7, 11) is 0. The number of aliphatic carboxylic acids is 1. The lowest BCUT2D eigenvalue weighted by molar-refractivity contribution is -0.137. The number of hydrogen-bond donors (Lipinski definition) is 2. The molecular weight excluding hydrogens is 256 g/mol. The summed E-state index contributed by atoms with van der Waals surface area (Å²) in [5.74, 6) is 0.441. The maximum absolute atomic E-state index is 11.7. The maximum atomic E-state index is 11.7. The molecule has 3 aliphatic heterocycles. The van der Waals surface area contributed by atoms with Gasteiger partial charge in [-0.25, -0.2) is 0 Å². The van der Waals surface area contributed by atoms with E-state index in [1.165, 1.54) is 6.42 Å². The maximum Gasteiger partial charge on any atom is 0.303 e. The number of amides is 1. The molecule has 0 spiro atoms. The molecule has 2 bridgehead atoms. The predicted molar refractivity (Wildman–Crippen MR) is 76.3 cm³/mol. The van der Waals surface area contributed by atoms with E-state index in [9.17, 15) is 9.59 Å². The monoisotopic (exact) mass is 280 g/mol. The molecule has 20 heavy (non-hydrogen) atoms. The summed E-state index contributed by atoms with van der Waals surface area (Å²) in [4.78, 5) is 24.5. The van der Waals surface area contributed by atoms with Gasteiger partial charge in [-0.05, 0) is 37.6 Å². The van der Waals surface area contributed by atoms with Crippen molar-refractivity contribution in [3.63, 3.8) is 0 Å². The second kappa shape index (κ2) is 6.88. The molecule has 5 nitrogen and oxygen atoms in total. The van der Waals surface area contributed by atoms with E-state index in [4.69, 9.17) is 5.11 Å². The molecule has 4 unspecified atom stereocenters. The molecule has 4 atom stereocenters. The van der Waals surface area contributed by atoms with Gasteiger partial charge in [-0.2, -0.15) is 0 Å². The number of hydrogen-bond acceptors (Lipinski definition) is 3. The first kappa shape index (κ1) is 15.0. The van der Waals surface area contributed by atoms with Crippen molar-refractivity contribution in [3.8, 4) is 0 Å². The number of carbonyl (C=O) groups excluding carboxylic acids is 1. The molecule has 0 aromatic carbocycles. The summed E-state index contributed by atoms with van der Waals surface area (Å²) in [6.07, 6.45) is 5.21. The summed E-state index contributed by atoms with van der Waals surface area (Å²) >= 11 is 0. The Morgan fingerprint density at radius 2 is 2.20 bits per heavy atom. The van der Waals surface area contributed by atoms with Crippen molar-refractivity contribution in [1.29, 1.82) is 0 Å². The molecule has 0 aromatic heterocycles. The number of rotatable bonds is 7. The van der Waals surface area contributed by atoms with Crippen LogP contribution in [0, 0.1) is 11.8 Å². The van der Waals surface area contributed by atoms with Crippen molar-refractivity contribution in [2.75, 3.05) is 19.6 Å². The second-order valence-electron chi connectivity index (χ2n) is 5.88.